The van der Waals surface area contributed by atoms with Crippen LogP contribution in [0, 0.1) is 5.92 Å². The first-order chi connectivity index (χ1) is 7.18. The minimum atomic E-state index is 0.127. The van der Waals surface area contributed by atoms with Gasteiger partial charge in [-0.15, -0.1) is 11.3 Å². The molecule has 2 rings (SSSR count). The number of nitrogens with zero attached hydrogens (tertiary/aromatic N) is 2. The molecular weight excluding hydrogens is 208 g/mol. The molecule has 0 aromatic carbocycles. The van der Waals surface area contributed by atoms with Crippen molar-refractivity contribution in [2.45, 2.75) is 13.3 Å². The number of hydrogen-bond donors (Lipinski definition) is 0. The van der Waals surface area contributed by atoms with Gasteiger partial charge in [0.25, 0.3) is 0 Å². The van der Waals surface area contributed by atoms with Crippen LogP contribution in [0.5, 0.6) is 0 Å². The van der Waals surface area contributed by atoms with Crippen molar-refractivity contribution < 1.29 is 4.79 Å². The quantitative estimate of drug-likeness (QED) is 0.719. The topological polar surface area (TPSA) is 23.6 Å². The Morgan fingerprint density at radius 3 is 3.00 bits per heavy atom. The van der Waals surface area contributed by atoms with Crippen molar-refractivity contribution in [1.82, 2.24) is 4.90 Å². The number of likely N-dealkylation sites (tertiary alicyclic amines) is 1. The molecule has 2 heterocycles. The average molecular weight is 224 g/mol. The van der Waals surface area contributed by atoms with Crippen LogP contribution in [0.15, 0.2) is 17.5 Å². The summed E-state index contributed by atoms with van der Waals surface area (Å²) in [5.41, 5.74) is 0. The molecule has 1 aliphatic rings. The van der Waals surface area contributed by atoms with Crippen LogP contribution >= 0.6 is 11.3 Å². The van der Waals surface area contributed by atoms with Gasteiger partial charge in [0.15, 0.2) is 0 Å². The van der Waals surface area contributed by atoms with E-state index in [2.05, 4.69) is 6.92 Å². The molecule has 2 amide bonds. The Kier molecular flexibility index (Phi) is 2.95. The summed E-state index contributed by atoms with van der Waals surface area (Å²) >= 11 is 1.60. The smallest absolute Gasteiger partial charge is 0.324 e. The molecule has 1 aliphatic heterocycles. The maximum atomic E-state index is 12.0. The standard InChI is InChI=1S/C11H16N2OS/c1-9-5-6-13(8-9)11(14)12(2)10-4-3-7-15-10/h3-4,7,9H,5-6,8H2,1-2H3/t9-/m0/s1. The van der Waals surface area contributed by atoms with Crippen molar-refractivity contribution in [3.63, 3.8) is 0 Å². The number of urea groups is 1. The van der Waals surface area contributed by atoms with Crippen molar-refractivity contribution >= 4 is 22.4 Å². The summed E-state index contributed by atoms with van der Waals surface area (Å²) in [6.45, 7) is 3.99. The summed E-state index contributed by atoms with van der Waals surface area (Å²) in [7, 11) is 1.84. The largest absolute Gasteiger partial charge is 0.324 e. The van der Waals surface area contributed by atoms with Gasteiger partial charge >= 0.3 is 6.03 Å². The number of hydrogen-bond acceptors (Lipinski definition) is 2. The molecule has 0 saturated carbocycles. The van der Waals surface area contributed by atoms with Crippen LogP contribution in [0.2, 0.25) is 0 Å². The fraction of sp³-hybridized carbons (Fsp3) is 0.545. The van der Waals surface area contributed by atoms with Crippen molar-refractivity contribution in [1.29, 1.82) is 0 Å². The van der Waals surface area contributed by atoms with Crippen molar-refractivity contribution in [2.24, 2.45) is 5.92 Å². The highest BCUT2D eigenvalue weighted by atomic mass is 32.1. The van der Waals surface area contributed by atoms with E-state index in [-0.39, 0.29) is 6.03 Å². The lowest BCUT2D eigenvalue weighted by Gasteiger charge is -2.23. The average Bonchev–Trinajstić information content (AvgIpc) is 2.85. The predicted octanol–water partition coefficient (Wildman–Crippen LogP) is 2.65. The van der Waals surface area contributed by atoms with E-state index in [1.54, 1.807) is 16.2 Å². The molecule has 4 heteroatoms. The van der Waals surface area contributed by atoms with Crippen LogP contribution in [0.25, 0.3) is 0 Å². The van der Waals surface area contributed by atoms with Gasteiger partial charge in [-0.1, -0.05) is 6.92 Å². The SMILES string of the molecule is C[C@H]1CCN(C(=O)N(C)c2cccs2)C1. The van der Waals surface area contributed by atoms with Crippen LogP contribution in [-0.2, 0) is 0 Å². The Morgan fingerprint density at radius 2 is 2.47 bits per heavy atom. The highest BCUT2D eigenvalue weighted by Gasteiger charge is 2.26. The lowest BCUT2D eigenvalue weighted by atomic mass is 10.2. The van der Waals surface area contributed by atoms with Crippen LogP contribution in [0.4, 0.5) is 9.80 Å². The summed E-state index contributed by atoms with van der Waals surface area (Å²) in [6, 6.07) is 4.07. The van der Waals surface area contributed by atoms with E-state index < -0.39 is 0 Å². The van der Waals surface area contributed by atoms with Crippen molar-refractivity contribution in [3.05, 3.63) is 17.5 Å². The van der Waals surface area contributed by atoms with Gasteiger partial charge in [-0.05, 0) is 29.9 Å². The van der Waals surface area contributed by atoms with E-state index in [4.69, 9.17) is 0 Å². The third-order valence-corrected chi connectivity index (χ3v) is 3.76. The van der Waals surface area contributed by atoms with Gasteiger partial charge in [0.2, 0.25) is 0 Å². The molecular formula is C11H16N2OS. The molecule has 0 N–H and O–H groups in total. The summed E-state index contributed by atoms with van der Waals surface area (Å²) in [5.74, 6) is 0.644. The summed E-state index contributed by atoms with van der Waals surface area (Å²) in [5, 5.41) is 3.01. The Morgan fingerprint density at radius 1 is 1.67 bits per heavy atom. The number of anilines is 1. The summed E-state index contributed by atoms with van der Waals surface area (Å²) in [4.78, 5) is 15.7. The van der Waals surface area contributed by atoms with Gasteiger partial charge in [-0.3, -0.25) is 4.90 Å². The minimum Gasteiger partial charge on any atom is -0.324 e. The highest BCUT2D eigenvalue weighted by molar-refractivity contribution is 7.14. The molecule has 1 aromatic rings. The number of rotatable bonds is 1. The molecule has 0 radical (unpaired) electrons. The molecule has 1 fully saturated rings. The Bertz CT molecular complexity index is 336. The second-order valence-corrected chi connectivity index (χ2v) is 5.06. The van der Waals surface area contributed by atoms with Gasteiger partial charge in [-0.25, -0.2) is 4.79 Å². The first kappa shape index (κ1) is 10.5. The summed E-state index contributed by atoms with van der Waals surface area (Å²) in [6.07, 6.45) is 1.13. The van der Waals surface area contributed by atoms with Gasteiger partial charge in [0, 0.05) is 20.1 Å². The maximum absolute atomic E-state index is 12.0. The third-order valence-electron chi connectivity index (χ3n) is 2.82. The second-order valence-electron chi connectivity index (χ2n) is 4.13. The minimum absolute atomic E-state index is 0.127. The number of carbonyl (C=O) groups excluding carboxylic acids is 1. The van der Waals surface area contributed by atoms with Crippen LogP contribution in [0.1, 0.15) is 13.3 Å². The lowest BCUT2D eigenvalue weighted by Crippen LogP contribution is -2.39. The molecule has 0 spiro atoms. The van der Waals surface area contributed by atoms with Gasteiger partial charge in [0.1, 0.15) is 0 Å². The first-order valence-electron chi connectivity index (χ1n) is 5.24. The van der Waals surface area contributed by atoms with E-state index in [1.165, 1.54) is 0 Å². The van der Waals surface area contributed by atoms with E-state index in [9.17, 15) is 4.79 Å². The zero-order valence-corrected chi connectivity index (χ0v) is 9.96. The third kappa shape index (κ3) is 2.15. The lowest BCUT2D eigenvalue weighted by molar-refractivity contribution is 0.215. The number of thiophene rings is 1. The van der Waals surface area contributed by atoms with Gasteiger partial charge in [-0.2, -0.15) is 0 Å². The maximum Gasteiger partial charge on any atom is 0.324 e. The Hall–Kier alpha value is -1.03. The predicted molar refractivity (Wildman–Crippen MR) is 63.5 cm³/mol. The van der Waals surface area contributed by atoms with Gasteiger partial charge < -0.3 is 4.90 Å². The number of amides is 2. The second kappa shape index (κ2) is 4.23. The fourth-order valence-corrected chi connectivity index (χ4v) is 2.57. The van der Waals surface area contributed by atoms with Crippen LogP contribution in [0.3, 0.4) is 0 Å². The first-order valence-corrected chi connectivity index (χ1v) is 6.12. The zero-order chi connectivity index (χ0) is 10.8. The summed E-state index contributed by atoms with van der Waals surface area (Å²) < 4.78 is 0. The fourth-order valence-electron chi connectivity index (χ4n) is 1.88. The van der Waals surface area contributed by atoms with E-state index in [0.29, 0.717) is 5.92 Å². The van der Waals surface area contributed by atoms with Gasteiger partial charge in [0.05, 0.1) is 5.00 Å². The van der Waals surface area contributed by atoms with Crippen molar-refractivity contribution in [2.75, 3.05) is 25.0 Å². The molecule has 1 saturated heterocycles. The van der Waals surface area contributed by atoms with E-state index >= 15 is 0 Å². The zero-order valence-electron chi connectivity index (χ0n) is 9.14. The molecule has 15 heavy (non-hydrogen) atoms. The molecule has 0 bridgehead atoms. The van der Waals surface area contributed by atoms with Crippen molar-refractivity contribution in [3.8, 4) is 0 Å². The molecule has 1 atom stereocenters. The van der Waals surface area contributed by atoms with E-state index in [0.717, 1.165) is 24.5 Å². The normalized spacial score (nSPS) is 20.7. The molecule has 82 valence electrons. The van der Waals surface area contributed by atoms with Crippen LogP contribution < -0.4 is 4.90 Å². The molecule has 0 aliphatic carbocycles. The molecule has 3 nitrogen and oxygen atoms in total. The Balaban J connectivity index is 2.02. The van der Waals surface area contributed by atoms with Crippen LogP contribution in [-0.4, -0.2) is 31.1 Å². The molecule has 1 aromatic heterocycles. The monoisotopic (exact) mass is 224 g/mol. The van der Waals surface area contributed by atoms with E-state index in [1.807, 2.05) is 29.5 Å². The Labute approximate surface area is 94.3 Å². The highest BCUT2D eigenvalue weighted by Crippen LogP contribution is 2.23. The molecule has 0 unspecified atom stereocenters. The number of carbonyl (C=O) groups is 1.